The topological polar surface area (TPSA) is 74.7 Å². The normalized spacial score (nSPS) is 23.4. The first-order valence-electron chi connectivity index (χ1n) is 6.74. The minimum atomic E-state index is -3.81. The number of sulfonamides is 1. The Balaban J connectivity index is 2.52. The fourth-order valence-corrected chi connectivity index (χ4v) is 6.30. The largest absolute Gasteiger partial charge is 0.480 e. The number of carboxylic acids is 1. The maximum absolute atomic E-state index is 12.9. The summed E-state index contributed by atoms with van der Waals surface area (Å²) >= 11 is 1.38. The Morgan fingerprint density at radius 2 is 2.10 bits per heavy atom. The lowest BCUT2D eigenvalue weighted by Gasteiger charge is -2.26. The molecule has 5 nitrogen and oxygen atoms in total. The number of carboxylic acid groups (broad SMARTS) is 1. The second-order valence-electron chi connectivity index (χ2n) is 5.15. The first-order valence-corrected chi connectivity index (χ1v) is 9.23. The number of carbonyl (C=O) groups is 1. The van der Waals surface area contributed by atoms with Crippen molar-refractivity contribution in [3.05, 3.63) is 29.3 Å². The lowest BCUT2D eigenvalue weighted by Crippen LogP contribution is -2.45. The summed E-state index contributed by atoms with van der Waals surface area (Å²) in [4.78, 5) is 11.6. The Kier molecular flexibility index (Phi) is 4.65. The average molecular weight is 329 g/mol. The SMILES string of the molecule is CCC1SCC(C(=O)O)N1S(=O)(=O)c1ccc(C)cc1C. The molecule has 2 unspecified atom stereocenters. The minimum absolute atomic E-state index is 0.195. The van der Waals surface area contributed by atoms with Gasteiger partial charge in [-0.05, 0) is 31.9 Å². The van der Waals surface area contributed by atoms with E-state index in [1.807, 2.05) is 13.8 Å². The predicted octanol–water partition coefficient (Wildman–Crippen LogP) is 2.23. The van der Waals surface area contributed by atoms with Crippen molar-refractivity contribution >= 4 is 27.8 Å². The van der Waals surface area contributed by atoms with Crippen LogP contribution in [0.1, 0.15) is 24.5 Å². The van der Waals surface area contributed by atoms with Gasteiger partial charge < -0.3 is 5.11 Å². The van der Waals surface area contributed by atoms with Gasteiger partial charge in [0.25, 0.3) is 0 Å². The van der Waals surface area contributed by atoms with Gasteiger partial charge in [-0.1, -0.05) is 24.6 Å². The standard InChI is InChI=1S/C14H19NO4S2/c1-4-13-15(11(8-20-13)14(16)17)21(18,19)12-6-5-9(2)7-10(12)3/h5-7,11,13H,4,8H2,1-3H3,(H,16,17). The average Bonchev–Trinajstić information content (AvgIpc) is 2.82. The van der Waals surface area contributed by atoms with Gasteiger partial charge in [0.1, 0.15) is 6.04 Å². The first-order chi connectivity index (χ1) is 9.78. The van der Waals surface area contributed by atoms with Crippen molar-refractivity contribution in [2.45, 2.75) is 43.5 Å². The molecule has 0 spiro atoms. The number of nitrogens with zero attached hydrogens (tertiary/aromatic N) is 1. The smallest absolute Gasteiger partial charge is 0.322 e. The summed E-state index contributed by atoms with van der Waals surface area (Å²) < 4.78 is 27.0. The quantitative estimate of drug-likeness (QED) is 0.917. The van der Waals surface area contributed by atoms with E-state index in [0.29, 0.717) is 12.0 Å². The maximum Gasteiger partial charge on any atom is 0.322 e. The summed E-state index contributed by atoms with van der Waals surface area (Å²) in [6.45, 7) is 5.50. The highest BCUT2D eigenvalue weighted by molar-refractivity contribution is 8.01. The highest BCUT2D eigenvalue weighted by Crippen LogP contribution is 2.37. The molecule has 1 aromatic rings. The number of benzene rings is 1. The number of thioether (sulfide) groups is 1. The van der Waals surface area contributed by atoms with Gasteiger partial charge in [-0.25, -0.2) is 8.42 Å². The number of aliphatic carboxylic acids is 1. The molecule has 1 saturated heterocycles. The van der Waals surface area contributed by atoms with Gasteiger partial charge in [0, 0.05) is 5.75 Å². The van der Waals surface area contributed by atoms with Gasteiger partial charge >= 0.3 is 5.97 Å². The maximum atomic E-state index is 12.9. The number of rotatable bonds is 4. The van der Waals surface area contributed by atoms with Gasteiger partial charge in [-0.15, -0.1) is 11.8 Å². The van der Waals surface area contributed by atoms with Gasteiger partial charge in [-0.2, -0.15) is 4.31 Å². The molecular weight excluding hydrogens is 310 g/mol. The number of hydrogen-bond donors (Lipinski definition) is 1. The lowest BCUT2D eigenvalue weighted by atomic mass is 10.2. The van der Waals surface area contributed by atoms with Crippen LogP contribution in [0.5, 0.6) is 0 Å². The van der Waals surface area contributed by atoms with Crippen molar-refractivity contribution in [2.75, 3.05) is 5.75 Å². The molecule has 1 aliphatic heterocycles. The summed E-state index contributed by atoms with van der Waals surface area (Å²) in [5, 5.41) is 8.98. The van der Waals surface area contributed by atoms with E-state index in [9.17, 15) is 18.3 Å². The molecule has 0 aromatic heterocycles. The van der Waals surface area contributed by atoms with Crippen LogP contribution < -0.4 is 0 Å². The molecule has 2 atom stereocenters. The molecule has 0 saturated carbocycles. The molecule has 116 valence electrons. The molecule has 1 N–H and O–H groups in total. The van der Waals surface area contributed by atoms with E-state index in [1.165, 1.54) is 11.8 Å². The van der Waals surface area contributed by atoms with Crippen molar-refractivity contribution in [1.29, 1.82) is 0 Å². The zero-order valence-electron chi connectivity index (χ0n) is 12.2. The van der Waals surface area contributed by atoms with Crippen LogP contribution >= 0.6 is 11.8 Å². The third-order valence-corrected chi connectivity index (χ3v) is 7.22. The monoisotopic (exact) mass is 329 g/mol. The molecular formula is C14H19NO4S2. The van der Waals surface area contributed by atoms with Crippen molar-refractivity contribution < 1.29 is 18.3 Å². The molecule has 1 aromatic carbocycles. The van der Waals surface area contributed by atoms with Crippen molar-refractivity contribution in [3.8, 4) is 0 Å². The molecule has 0 amide bonds. The zero-order valence-corrected chi connectivity index (χ0v) is 13.9. The number of hydrogen-bond acceptors (Lipinski definition) is 4. The Morgan fingerprint density at radius 1 is 1.43 bits per heavy atom. The third kappa shape index (κ3) is 2.95. The van der Waals surface area contributed by atoms with Crippen LogP contribution in [0.2, 0.25) is 0 Å². The Hall–Kier alpha value is -1.05. The van der Waals surface area contributed by atoms with Gasteiger partial charge in [0.2, 0.25) is 10.0 Å². The van der Waals surface area contributed by atoms with Gasteiger partial charge in [0.05, 0.1) is 10.3 Å². The van der Waals surface area contributed by atoms with Crippen LogP contribution in [-0.4, -0.2) is 41.0 Å². The van der Waals surface area contributed by atoms with Crippen LogP contribution in [-0.2, 0) is 14.8 Å². The van der Waals surface area contributed by atoms with Crippen molar-refractivity contribution in [2.24, 2.45) is 0 Å². The van der Waals surface area contributed by atoms with E-state index >= 15 is 0 Å². The summed E-state index contributed by atoms with van der Waals surface area (Å²) in [7, 11) is -3.81. The summed E-state index contributed by atoms with van der Waals surface area (Å²) in [5.41, 5.74) is 1.62. The van der Waals surface area contributed by atoms with Gasteiger partial charge in [0.15, 0.2) is 0 Å². The Morgan fingerprint density at radius 3 is 2.62 bits per heavy atom. The highest BCUT2D eigenvalue weighted by atomic mass is 32.2. The predicted molar refractivity (Wildman–Crippen MR) is 82.9 cm³/mol. The number of aryl methyl sites for hydroxylation is 2. The summed E-state index contributed by atoms with van der Waals surface area (Å²) in [5.74, 6) is -0.801. The van der Waals surface area contributed by atoms with Crippen molar-refractivity contribution in [3.63, 3.8) is 0 Å². The fraction of sp³-hybridized carbons (Fsp3) is 0.500. The molecule has 0 radical (unpaired) electrons. The van der Waals surface area contributed by atoms with Crippen LogP contribution in [0.3, 0.4) is 0 Å². The lowest BCUT2D eigenvalue weighted by molar-refractivity contribution is -0.140. The first kappa shape index (κ1) is 16.3. The molecule has 1 heterocycles. The molecule has 0 aliphatic carbocycles. The Bertz CT molecular complexity index is 657. The minimum Gasteiger partial charge on any atom is -0.480 e. The van der Waals surface area contributed by atoms with E-state index in [1.54, 1.807) is 25.1 Å². The zero-order chi connectivity index (χ0) is 15.8. The van der Waals surface area contributed by atoms with Crippen LogP contribution in [0.4, 0.5) is 0 Å². The summed E-state index contributed by atoms with van der Waals surface area (Å²) in [6, 6.07) is 4.10. The summed E-state index contributed by atoms with van der Waals surface area (Å²) in [6.07, 6.45) is 0.582. The van der Waals surface area contributed by atoms with E-state index in [-0.39, 0.29) is 16.0 Å². The van der Waals surface area contributed by atoms with Crippen LogP contribution in [0.15, 0.2) is 23.1 Å². The van der Waals surface area contributed by atoms with E-state index < -0.39 is 22.0 Å². The van der Waals surface area contributed by atoms with Crippen LogP contribution in [0, 0.1) is 13.8 Å². The molecule has 1 aliphatic rings. The Labute approximate surface area is 129 Å². The fourth-order valence-electron chi connectivity index (χ4n) is 2.55. The molecule has 2 rings (SSSR count). The van der Waals surface area contributed by atoms with Gasteiger partial charge in [-0.3, -0.25) is 4.79 Å². The second-order valence-corrected chi connectivity index (χ2v) is 8.18. The van der Waals surface area contributed by atoms with Crippen LogP contribution in [0.25, 0.3) is 0 Å². The molecule has 1 fully saturated rings. The molecule has 0 bridgehead atoms. The second kappa shape index (κ2) is 5.98. The van der Waals surface area contributed by atoms with Crippen molar-refractivity contribution in [1.82, 2.24) is 4.31 Å². The van der Waals surface area contributed by atoms with E-state index in [2.05, 4.69) is 0 Å². The molecule has 21 heavy (non-hydrogen) atoms. The van der Waals surface area contributed by atoms with E-state index in [0.717, 1.165) is 9.87 Å². The third-order valence-electron chi connectivity index (χ3n) is 3.56. The van der Waals surface area contributed by atoms with E-state index in [4.69, 9.17) is 0 Å². The molecule has 7 heteroatoms. The highest BCUT2D eigenvalue weighted by Gasteiger charge is 2.45.